The minimum absolute atomic E-state index is 0.221. The summed E-state index contributed by atoms with van der Waals surface area (Å²) >= 11 is 0. The average molecular weight is 1180 g/mol. The predicted molar refractivity (Wildman–Crippen MR) is 373 cm³/mol. The average Bonchev–Trinajstić information content (AvgIpc) is 1.59. The van der Waals surface area contributed by atoms with Gasteiger partial charge in [0, 0.05) is 34.9 Å². The summed E-state index contributed by atoms with van der Waals surface area (Å²) in [6, 6.07) is 43.9. The van der Waals surface area contributed by atoms with Crippen molar-refractivity contribution in [3.05, 3.63) is 228 Å². The maximum atomic E-state index is 2.52. The number of nitrogens with zero attached hydrogens (tertiary/aromatic N) is 3. The van der Waals surface area contributed by atoms with Gasteiger partial charge < -0.3 is 0 Å². The molecule has 6 aliphatic carbocycles. The third kappa shape index (κ3) is 10.0. The third-order valence-electron chi connectivity index (χ3n) is 23.3. The van der Waals surface area contributed by atoms with Crippen LogP contribution >= 0.6 is 0 Å². The molecule has 0 saturated heterocycles. The van der Waals surface area contributed by atoms with Gasteiger partial charge in [-0.1, -0.05) is 180 Å². The molecule has 0 bridgehead atoms. The van der Waals surface area contributed by atoms with Crippen molar-refractivity contribution in [2.45, 2.75) is 208 Å². The van der Waals surface area contributed by atoms with E-state index in [-0.39, 0.29) is 32.5 Å². The first-order valence-corrected chi connectivity index (χ1v) is 33.7. The summed E-state index contributed by atoms with van der Waals surface area (Å²) in [5.74, 6) is 0. The Kier molecular flexibility index (Phi) is 14.4. The highest BCUT2D eigenvalue weighted by atomic mass is 14.9. The Labute approximate surface area is 535 Å². The minimum atomic E-state index is 0.221. The number of hydrogen-bond donors (Lipinski definition) is 0. The lowest BCUT2D eigenvalue weighted by Gasteiger charge is -2.40. The summed E-state index contributed by atoms with van der Waals surface area (Å²) in [5, 5.41) is 0. The maximum absolute atomic E-state index is 2.52. The van der Waals surface area contributed by atoms with Crippen molar-refractivity contribution < 1.29 is 13.7 Å². The molecule has 15 rings (SSSR count). The van der Waals surface area contributed by atoms with E-state index in [0.29, 0.717) is 0 Å². The van der Waals surface area contributed by atoms with Gasteiger partial charge in [0.1, 0.15) is 21.1 Å². The first-order valence-electron chi connectivity index (χ1n) is 33.7. The van der Waals surface area contributed by atoms with Gasteiger partial charge in [0.15, 0.2) is 18.6 Å². The zero-order chi connectivity index (χ0) is 63.4. The van der Waals surface area contributed by atoms with Crippen molar-refractivity contribution in [3.8, 4) is 67.2 Å². The summed E-state index contributed by atoms with van der Waals surface area (Å²) in [6.07, 6.45) is 17.9. The largest absolute Gasteiger partial charge is 0.213 e. The molecule has 0 amide bonds. The van der Waals surface area contributed by atoms with Gasteiger partial charge in [-0.25, -0.2) is 13.7 Å². The molecule has 3 aromatic heterocycles. The Morgan fingerprint density at radius 2 is 0.607 bits per heavy atom. The van der Waals surface area contributed by atoms with Gasteiger partial charge in [0.25, 0.3) is 0 Å². The molecule has 0 unspecified atom stereocenters. The van der Waals surface area contributed by atoms with Crippen LogP contribution in [-0.2, 0) is 72.9 Å². The van der Waals surface area contributed by atoms with Crippen LogP contribution in [-0.4, -0.2) is 0 Å². The van der Waals surface area contributed by atoms with E-state index in [2.05, 4.69) is 286 Å². The minimum Gasteiger partial charge on any atom is -0.201 e. The Morgan fingerprint density at radius 3 is 1.08 bits per heavy atom. The molecule has 0 aliphatic heterocycles. The van der Waals surface area contributed by atoms with Crippen LogP contribution in [0.5, 0.6) is 0 Å². The van der Waals surface area contributed by atoms with Crippen molar-refractivity contribution in [3.63, 3.8) is 0 Å². The number of benzene rings is 6. The molecule has 3 heteroatoms. The van der Waals surface area contributed by atoms with Crippen LogP contribution in [0, 0.1) is 34.6 Å². The van der Waals surface area contributed by atoms with Gasteiger partial charge >= 0.3 is 0 Å². The van der Waals surface area contributed by atoms with Crippen LogP contribution < -0.4 is 13.7 Å². The Morgan fingerprint density at radius 1 is 0.270 bits per heavy atom. The fraction of sp³-hybridized carbons (Fsp3) is 0.407. The predicted octanol–water partition coefficient (Wildman–Crippen LogP) is 19.8. The molecule has 3 heterocycles. The van der Waals surface area contributed by atoms with E-state index in [4.69, 9.17) is 0 Å². The fourth-order valence-corrected chi connectivity index (χ4v) is 17.4. The van der Waals surface area contributed by atoms with Gasteiger partial charge in [0.2, 0.25) is 17.1 Å². The lowest BCUT2D eigenvalue weighted by atomic mass is 9.63. The molecule has 0 N–H and O–H groups in total. The van der Waals surface area contributed by atoms with E-state index < -0.39 is 0 Å². The monoisotopic (exact) mass is 1170 g/mol. The molecule has 456 valence electrons. The quantitative estimate of drug-likeness (QED) is 0.156. The second-order valence-corrected chi connectivity index (χ2v) is 32.4. The van der Waals surface area contributed by atoms with E-state index in [1.54, 1.807) is 0 Å². The van der Waals surface area contributed by atoms with Crippen LogP contribution in [0.1, 0.15) is 216 Å². The molecule has 6 aromatic carbocycles. The van der Waals surface area contributed by atoms with Crippen LogP contribution in [0.2, 0.25) is 0 Å². The van der Waals surface area contributed by atoms with Gasteiger partial charge in [-0.15, -0.1) is 0 Å². The molecule has 0 saturated carbocycles. The molecule has 0 atom stereocenters. The van der Waals surface area contributed by atoms with Crippen molar-refractivity contribution in [1.82, 2.24) is 0 Å². The topological polar surface area (TPSA) is 11.6 Å². The highest BCUT2D eigenvalue weighted by molar-refractivity contribution is 5.89. The normalized spacial score (nSPS) is 18.0. The summed E-state index contributed by atoms with van der Waals surface area (Å²) in [6.45, 7) is 40.3. The number of aryl methyl sites for hydroxylation is 8. The first-order chi connectivity index (χ1) is 41.9. The van der Waals surface area contributed by atoms with Crippen LogP contribution in [0.3, 0.4) is 0 Å². The lowest BCUT2D eigenvalue weighted by molar-refractivity contribution is -0.661. The second-order valence-electron chi connectivity index (χ2n) is 32.4. The lowest BCUT2D eigenvalue weighted by Crippen LogP contribution is -2.40. The van der Waals surface area contributed by atoms with Crippen molar-refractivity contribution in [2.24, 2.45) is 21.1 Å². The van der Waals surface area contributed by atoms with Gasteiger partial charge in [-0.3, -0.25) is 0 Å². The van der Waals surface area contributed by atoms with Crippen molar-refractivity contribution in [2.75, 3.05) is 0 Å². The highest BCUT2D eigenvalue weighted by Crippen LogP contribution is 2.53. The second kappa shape index (κ2) is 21.2. The number of fused-ring (bicyclic) bond motifs is 12. The smallest absolute Gasteiger partial charge is 0.201 e. The summed E-state index contributed by atoms with van der Waals surface area (Å²) in [7, 11) is 6.70. The van der Waals surface area contributed by atoms with Crippen molar-refractivity contribution in [1.29, 1.82) is 0 Å². The van der Waals surface area contributed by atoms with E-state index in [9.17, 15) is 0 Å². The van der Waals surface area contributed by atoms with Crippen LogP contribution in [0.15, 0.2) is 134 Å². The third-order valence-corrected chi connectivity index (χ3v) is 23.3. The molecule has 3 nitrogen and oxygen atoms in total. The van der Waals surface area contributed by atoms with Gasteiger partial charge in [-0.05, 0) is 236 Å². The Balaban J connectivity index is 0.000000123. The maximum Gasteiger partial charge on any atom is 0.213 e. The number of aromatic nitrogens is 3. The molecule has 89 heavy (non-hydrogen) atoms. The highest BCUT2D eigenvalue weighted by Gasteiger charge is 2.44. The Bertz CT molecular complexity index is 4430. The fourth-order valence-electron chi connectivity index (χ4n) is 17.4. The molecule has 0 fully saturated rings. The zero-order valence-corrected chi connectivity index (χ0v) is 57.9. The first kappa shape index (κ1) is 60.7. The number of rotatable bonds is 3. The van der Waals surface area contributed by atoms with E-state index in [1.807, 2.05) is 0 Å². The zero-order valence-electron chi connectivity index (χ0n) is 57.9. The van der Waals surface area contributed by atoms with E-state index in [0.717, 1.165) is 19.3 Å². The van der Waals surface area contributed by atoms with Crippen molar-refractivity contribution >= 4 is 0 Å². The van der Waals surface area contributed by atoms with E-state index >= 15 is 0 Å². The summed E-state index contributed by atoms with van der Waals surface area (Å²) in [5.41, 5.74) is 43.4. The number of pyridine rings is 3. The van der Waals surface area contributed by atoms with Crippen LogP contribution in [0.25, 0.3) is 67.2 Å². The molecule has 9 aromatic rings. The van der Waals surface area contributed by atoms with Crippen LogP contribution in [0.4, 0.5) is 0 Å². The molecular formula is C86H100N3+3. The summed E-state index contributed by atoms with van der Waals surface area (Å²) < 4.78 is 7.16. The molecule has 0 radical (unpaired) electrons. The molecule has 6 aliphatic rings. The van der Waals surface area contributed by atoms with Gasteiger partial charge in [-0.2, -0.15) is 0 Å². The number of hydrogen-bond acceptors (Lipinski definition) is 0. The van der Waals surface area contributed by atoms with E-state index in [1.165, 1.54) is 200 Å². The summed E-state index contributed by atoms with van der Waals surface area (Å²) in [4.78, 5) is 0. The Hall–Kier alpha value is -7.23. The molecule has 0 spiro atoms. The molecular weight excluding hydrogens is 1070 g/mol. The SMILES string of the molecule is Cc1cc(C)c(-c2cc3c(c[n+]2C)C(C)(C)CCC3(C)C)c2c1-c1ccccc1C2.Cc1ccc2c(c1-c1cc3c(c[n+]1C)C(C)(C)CCC3(C)C)Cc1ccccc1-2.Cc1cccc2c1-c1ccc(C)c(-c3cc4c(c[n+]3C)C(C)(C)CCC4(C)C)c1C2. The van der Waals surface area contributed by atoms with Gasteiger partial charge in [0.05, 0.1) is 16.7 Å². The standard InChI is InChI=1S/2C29H34N.C28H32N/c1-18-9-8-10-20-15-22-21(26(18)20)12-11-19(2)27(22)25-16-23-24(17-30(25)7)29(5,6)14-13-28(23,3)4;1-18-14-19(2)27(22-15-20-10-8-9-11-21(20)26(18)22)25-16-23-24(17-30(25)7)29(5,6)13-12-28(23,3)4;1-18-11-12-21-20-10-8-7-9-19(20)15-22(21)26(18)25-16-23-24(17-29(25)6)28(4,5)14-13-27(23,2)3/h8-12,16-17H,13-15H2,1-7H3;8-11,14,16-17H,12-13,15H2,1-7H3;7-12,16-17H,13-15H2,1-6H3/q3*+1.